The molecule has 0 aliphatic rings. The standard InChI is InChI=1S/C21H28N2O4S/c1-17-7-11-19(12-8-17)23(28(4,25)26)15-5-6-21(24)22(2)16-18-9-13-20(27-3)14-10-18/h7-14H,5-6,15-16H2,1-4H3. The first kappa shape index (κ1) is 21.8. The van der Waals surface area contributed by atoms with Gasteiger partial charge in [-0.1, -0.05) is 29.8 Å². The van der Waals surface area contributed by atoms with Gasteiger partial charge in [0.25, 0.3) is 0 Å². The van der Waals surface area contributed by atoms with Crippen LogP contribution in [0.25, 0.3) is 0 Å². The molecule has 1 amide bonds. The van der Waals surface area contributed by atoms with Crippen molar-refractivity contribution >= 4 is 21.6 Å². The van der Waals surface area contributed by atoms with Crippen molar-refractivity contribution in [3.8, 4) is 5.75 Å². The minimum Gasteiger partial charge on any atom is -0.497 e. The van der Waals surface area contributed by atoms with E-state index in [2.05, 4.69) is 0 Å². The van der Waals surface area contributed by atoms with E-state index in [-0.39, 0.29) is 18.9 Å². The Labute approximate surface area is 167 Å². The van der Waals surface area contributed by atoms with Crippen LogP contribution in [-0.2, 0) is 21.4 Å². The second kappa shape index (κ2) is 9.59. The summed E-state index contributed by atoms with van der Waals surface area (Å²) >= 11 is 0. The maximum absolute atomic E-state index is 12.4. The van der Waals surface area contributed by atoms with Crippen molar-refractivity contribution in [3.63, 3.8) is 0 Å². The predicted octanol–water partition coefficient (Wildman–Crippen LogP) is 3.21. The summed E-state index contributed by atoms with van der Waals surface area (Å²) in [7, 11) is -0.0446. The zero-order chi connectivity index (χ0) is 20.7. The van der Waals surface area contributed by atoms with Gasteiger partial charge < -0.3 is 9.64 Å². The van der Waals surface area contributed by atoms with Crippen LogP contribution in [0.2, 0.25) is 0 Å². The van der Waals surface area contributed by atoms with Crippen LogP contribution in [0.3, 0.4) is 0 Å². The number of anilines is 1. The first-order chi connectivity index (χ1) is 13.2. The van der Waals surface area contributed by atoms with Gasteiger partial charge in [-0.3, -0.25) is 9.10 Å². The molecule has 0 unspecified atom stereocenters. The number of aryl methyl sites for hydroxylation is 1. The smallest absolute Gasteiger partial charge is 0.232 e. The minimum atomic E-state index is -3.41. The molecule has 0 spiro atoms. The third kappa shape index (κ3) is 6.27. The molecule has 0 radical (unpaired) electrons. The lowest BCUT2D eigenvalue weighted by Gasteiger charge is -2.23. The third-order valence-electron chi connectivity index (χ3n) is 4.48. The largest absolute Gasteiger partial charge is 0.497 e. The molecule has 0 fully saturated rings. The average Bonchev–Trinajstić information content (AvgIpc) is 2.65. The fraction of sp³-hybridized carbons (Fsp3) is 0.381. The van der Waals surface area contributed by atoms with Crippen LogP contribution in [0.15, 0.2) is 48.5 Å². The summed E-state index contributed by atoms with van der Waals surface area (Å²) in [5, 5.41) is 0. The molecule has 7 heteroatoms. The molecule has 152 valence electrons. The van der Waals surface area contributed by atoms with Crippen molar-refractivity contribution in [2.45, 2.75) is 26.3 Å². The summed E-state index contributed by atoms with van der Waals surface area (Å²) in [6, 6.07) is 14.9. The van der Waals surface area contributed by atoms with Crippen molar-refractivity contribution in [2.24, 2.45) is 0 Å². The van der Waals surface area contributed by atoms with Crippen molar-refractivity contribution in [1.82, 2.24) is 4.90 Å². The van der Waals surface area contributed by atoms with E-state index in [9.17, 15) is 13.2 Å². The van der Waals surface area contributed by atoms with Gasteiger partial charge in [-0.15, -0.1) is 0 Å². The summed E-state index contributed by atoms with van der Waals surface area (Å²) in [5.41, 5.74) is 2.69. The van der Waals surface area contributed by atoms with Crippen molar-refractivity contribution in [2.75, 3.05) is 31.3 Å². The highest BCUT2D eigenvalue weighted by atomic mass is 32.2. The van der Waals surface area contributed by atoms with Gasteiger partial charge in [-0.2, -0.15) is 0 Å². The van der Waals surface area contributed by atoms with E-state index in [1.807, 2.05) is 43.3 Å². The summed E-state index contributed by atoms with van der Waals surface area (Å²) in [4.78, 5) is 14.1. The third-order valence-corrected chi connectivity index (χ3v) is 5.67. The van der Waals surface area contributed by atoms with Crippen LogP contribution in [0.1, 0.15) is 24.0 Å². The molecule has 0 bridgehead atoms. The lowest BCUT2D eigenvalue weighted by Crippen LogP contribution is -2.32. The average molecular weight is 405 g/mol. The molecule has 6 nitrogen and oxygen atoms in total. The fourth-order valence-corrected chi connectivity index (χ4v) is 3.82. The minimum absolute atomic E-state index is 0.0202. The van der Waals surface area contributed by atoms with Gasteiger partial charge in [0.15, 0.2) is 0 Å². The molecule has 0 atom stereocenters. The lowest BCUT2D eigenvalue weighted by atomic mass is 10.2. The monoisotopic (exact) mass is 404 g/mol. The predicted molar refractivity (Wildman–Crippen MR) is 112 cm³/mol. The highest BCUT2D eigenvalue weighted by molar-refractivity contribution is 7.92. The summed E-state index contributed by atoms with van der Waals surface area (Å²) in [5.74, 6) is 0.753. The van der Waals surface area contributed by atoms with Crippen LogP contribution in [-0.4, -0.2) is 46.2 Å². The first-order valence-corrected chi connectivity index (χ1v) is 11.0. The number of carbonyl (C=O) groups is 1. The highest BCUT2D eigenvalue weighted by Crippen LogP contribution is 2.19. The molecule has 0 N–H and O–H groups in total. The number of ether oxygens (including phenoxy) is 1. The first-order valence-electron chi connectivity index (χ1n) is 9.12. The number of sulfonamides is 1. The normalized spacial score (nSPS) is 11.1. The maximum atomic E-state index is 12.4. The molecule has 0 aromatic heterocycles. The number of rotatable bonds is 9. The molecular formula is C21H28N2O4S. The Kier molecular flexibility index (Phi) is 7.45. The molecule has 0 aliphatic heterocycles. The molecular weight excluding hydrogens is 376 g/mol. The Hall–Kier alpha value is -2.54. The molecule has 2 rings (SSSR count). The Bertz CT molecular complexity index is 878. The van der Waals surface area contributed by atoms with Gasteiger partial charge in [-0.25, -0.2) is 8.42 Å². The van der Waals surface area contributed by atoms with Crippen LogP contribution >= 0.6 is 0 Å². The Morgan fingerprint density at radius 2 is 1.64 bits per heavy atom. The fourth-order valence-electron chi connectivity index (χ4n) is 2.86. The SMILES string of the molecule is COc1ccc(CN(C)C(=O)CCCN(c2ccc(C)cc2)S(C)(=O)=O)cc1. The van der Waals surface area contributed by atoms with Gasteiger partial charge in [0.05, 0.1) is 19.1 Å². The van der Waals surface area contributed by atoms with Gasteiger partial charge in [0.2, 0.25) is 15.9 Å². The van der Waals surface area contributed by atoms with E-state index >= 15 is 0 Å². The Morgan fingerprint density at radius 1 is 1.04 bits per heavy atom. The van der Waals surface area contributed by atoms with Gasteiger partial charge >= 0.3 is 0 Å². The molecule has 0 saturated heterocycles. The number of hydrogen-bond acceptors (Lipinski definition) is 4. The number of nitrogens with zero attached hydrogens (tertiary/aromatic N) is 2. The van der Waals surface area contributed by atoms with Crippen molar-refractivity contribution in [3.05, 3.63) is 59.7 Å². The number of hydrogen-bond donors (Lipinski definition) is 0. The number of methoxy groups -OCH3 is 1. The number of amides is 1. The highest BCUT2D eigenvalue weighted by Gasteiger charge is 2.18. The lowest BCUT2D eigenvalue weighted by molar-refractivity contribution is -0.130. The van der Waals surface area contributed by atoms with E-state index < -0.39 is 10.0 Å². The van der Waals surface area contributed by atoms with E-state index in [4.69, 9.17) is 4.74 Å². The summed E-state index contributed by atoms with van der Waals surface area (Å²) in [6.45, 7) is 2.71. The zero-order valence-corrected chi connectivity index (χ0v) is 17.7. The molecule has 2 aromatic carbocycles. The van der Waals surface area contributed by atoms with Crippen molar-refractivity contribution in [1.29, 1.82) is 0 Å². The maximum Gasteiger partial charge on any atom is 0.232 e. The van der Waals surface area contributed by atoms with Gasteiger partial charge in [0, 0.05) is 26.6 Å². The topological polar surface area (TPSA) is 66.9 Å². The molecule has 0 aliphatic carbocycles. The van der Waals surface area contributed by atoms with Crippen LogP contribution in [0.5, 0.6) is 5.75 Å². The van der Waals surface area contributed by atoms with E-state index in [1.165, 1.54) is 10.6 Å². The second-order valence-corrected chi connectivity index (χ2v) is 8.78. The number of benzene rings is 2. The van der Waals surface area contributed by atoms with Gasteiger partial charge in [-0.05, 0) is 43.2 Å². The Morgan fingerprint density at radius 3 is 2.18 bits per heavy atom. The zero-order valence-electron chi connectivity index (χ0n) is 16.9. The summed E-state index contributed by atoms with van der Waals surface area (Å²) < 4.78 is 30.8. The van der Waals surface area contributed by atoms with E-state index in [0.717, 1.165) is 16.9 Å². The second-order valence-electron chi connectivity index (χ2n) is 6.87. The van der Waals surface area contributed by atoms with E-state index in [0.29, 0.717) is 18.7 Å². The van der Waals surface area contributed by atoms with Crippen LogP contribution in [0, 0.1) is 6.92 Å². The quantitative estimate of drug-likeness (QED) is 0.644. The Balaban J connectivity index is 1.91. The molecule has 28 heavy (non-hydrogen) atoms. The van der Waals surface area contributed by atoms with E-state index in [1.54, 1.807) is 31.2 Å². The molecule has 0 saturated carbocycles. The van der Waals surface area contributed by atoms with Crippen molar-refractivity contribution < 1.29 is 17.9 Å². The molecule has 2 aromatic rings. The van der Waals surface area contributed by atoms with Crippen LogP contribution < -0.4 is 9.04 Å². The molecule has 0 heterocycles. The number of carbonyl (C=O) groups excluding carboxylic acids is 1. The van der Waals surface area contributed by atoms with Crippen LogP contribution in [0.4, 0.5) is 5.69 Å². The summed E-state index contributed by atoms with van der Waals surface area (Å²) in [6.07, 6.45) is 1.92. The van der Waals surface area contributed by atoms with Gasteiger partial charge in [0.1, 0.15) is 5.75 Å².